The molecule has 1 saturated carbocycles. The molecule has 1 fully saturated rings. The third kappa shape index (κ3) is 2.19. The van der Waals surface area contributed by atoms with Crippen molar-refractivity contribution in [3.63, 3.8) is 0 Å². The van der Waals surface area contributed by atoms with Gasteiger partial charge in [-0.05, 0) is 54.0 Å². The lowest BCUT2D eigenvalue weighted by Crippen LogP contribution is -2.56. The summed E-state index contributed by atoms with van der Waals surface area (Å²) in [5.74, 6) is -0.117. The van der Waals surface area contributed by atoms with E-state index in [1.165, 1.54) is 6.33 Å². The van der Waals surface area contributed by atoms with Gasteiger partial charge >= 0.3 is 0 Å². The van der Waals surface area contributed by atoms with Crippen LogP contribution in [0.2, 0.25) is 0 Å². The van der Waals surface area contributed by atoms with Gasteiger partial charge in [0.05, 0.1) is 11.2 Å². The summed E-state index contributed by atoms with van der Waals surface area (Å²) in [4.78, 5) is 12.0. The number of aromatic nitrogens is 4. The average molecular weight is 258 g/mol. The predicted octanol–water partition coefficient (Wildman–Crippen LogP) is 0.482. The van der Waals surface area contributed by atoms with E-state index in [1.54, 1.807) is 16.8 Å². The summed E-state index contributed by atoms with van der Waals surface area (Å²) in [6.07, 6.45) is 4.03. The molecule has 3 rings (SSSR count). The van der Waals surface area contributed by atoms with Crippen molar-refractivity contribution in [2.45, 2.75) is 24.8 Å². The van der Waals surface area contributed by atoms with E-state index < -0.39 is 5.54 Å². The largest absolute Gasteiger partial charge is 0.324 e. The quantitative estimate of drug-likeness (QED) is 0.834. The smallest absolute Gasteiger partial charge is 0.244 e. The van der Waals surface area contributed by atoms with E-state index in [1.807, 2.05) is 12.1 Å². The zero-order valence-corrected chi connectivity index (χ0v) is 10.3. The van der Waals surface area contributed by atoms with E-state index in [2.05, 4.69) is 20.8 Å². The highest BCUT2D eigenvalue weighted by atomic mass is 16.2. The molecule has 0 saturated heterocycles. The van der Waals surface area contributed by atoms with Crippen molar-refractivity contribution >= 4 is 11.6 Å². The molecule has 0 aliphatic heterocycles. The molecule has 1 aliphatic carbocycles. The number of amides is 1. The summed E-state index contributed by atoms with van der Waals surface area (Å²) in [5.41, 5.74) is 6.82. The molecule has 1 aromatic carbocycles. The third-order valence-electron chi connectivity index (χ3n) is 3.44. The normalized spacial score (nSPS) is 16.7. The Morgan fingerprint density at radius 1 is 1.32 bits per heavy atom. The van der Waals surface area contributed by atoms with Crippen LogP contribution in [0.25, 0.3) is 5.69 Å². The van der Waals surface area contributed by atoms with Gasteiger partial charge in [-0.2, -0.15) is 0 Å². The van der Waals surface area contributed by atoms with Gasteiger partial charge in [-0.3, -0.25) is 4.79 Å². The van der Waals surface area contributed by atoms with E-state index in [0.717, 1.165) is 30.6 Å². The number of anilines is 1. The van der Waals surface area contributed by atoms with Gasteiger partial charge in [0, 0.05) is 5.69 Å². The Hall–Kier alpha value is -2.28. The summed E-state index contributed by atoms with van der Waals surface area (Å²) in [5, 5.41) is 13.8. The lowest BCUT2D eigenvalue weighted by molar-refractivity contribution is -0.123. The standard InChI is InChI=1S/C12H14N6O/c13-12(6-1-7-12)11(19)15-9-2-4-10(5-3-9)18-8-14-16-17-18/h2-5,8H,1,6-7,13H2,(H,15,19). The Kier molecular flexibility index (Phi) is 2.75. The monoisotopic (exact) mass is 258 g/mol. The van der Waals surface area contributed by atoms with Crippen molar-refractivity contribution < 1.29 is 4.79 Å². The van der Waals surface area contributed by atoms with E-state index >= 15 is 0 Å². The van der Waals surface area contributed by atoms with Crippen LogP contribution in [-0.2, 0) is 4.79 Å². The molecule has 98 valence electrons. The van der Waals surface area contributed by atoms with E-state index in [9.17, 15) is 4.79 Å². The number of hydrogen-bond acceptors (Lipinski definition) is 5. The molecule has 19 heavy (non-hydrogen) atoms. The number of nitrogens with one attached hydrogen (secondary N) is 1. The molecule has 0 bridgehead atoms. The van der Waals surface area contributed by atoms with Crippen molar-refractivity contribution in [2.24, 2.45) is 5.73 Å². The maximum Gasteiger partial charge on any atom is 0.244 e. The molecule has 1 aliphatic rings. The number of rotatable bonds is 3. The highest BCUT2D eigenvalue weighted by Gasteiger charge is 2.40. The second-order valence-corrected chi connectivity index (χ2v) is 4.77. The minimum atomic E-state index is -0.686. The van der Waals surface area contributed by atoms with Crippen molar-refractivity contribution in [2.75, 3.05) is 5.32 Å². The summed E-state index contributed by atoms with van der Waals surface area (Å²) in [6.45, 7) is 0. The van der Waals surface area contributed by atoms with Gasteiger partial charge in [0.15, 0.2) is 0 Å². The molecule has 0 atom stereocenters. The number of nitrogens with two attached hydrogens (primary N) is 1. The van der Waals surface area contributed by atoms with Crippen LogP contribution in [0.3, 0.4) is 0 Å². The number of tetrazole rings is 1. The second kappa shape index (κ2) is 4.43. The lowest BCUT2D eigenvalue weighted by atomic mass is 9.77. The lowest BCUT2D eigenvalue weighted by Gasteiger charge is -2.36. The zero-order valence-electron chi connectivity index (χ0n) is 10.3. The molecule has 7 heteroatoms. The fourth-order valence-corrected chi connectivity index (χ4v) is 2.02. The Bertz CT molecular complexity index is 573. The Balaban J connectivity index is 1.71. The summed E-state index contributed by atoms with van der Waals surface area (Å²) >= 11 is 0. The van der Waals surface area contributed by atoms with Crippen LogP contribution in [0.5, 0.6) is 0 Å². The highest BCUT2D eigenvalue weighted by molar-refractivity contribution is 5.98. The molecule has 0 unspecified atom stereocenters. The summed E-state index contributed by atoms with van der Waals surface area (Å²) < 4.78 is 1.54. The zero-order chi connectivity index (χ0) is 13.3. The van der Waals surface area contributed by atoms with Crippen LogP contribution >= 0.6 is 0 Å². The van der Waals surface area contributed by atoms with Gasteiger partial charge in [0.25, 0.3) is 0 Å². The maximum absolute atomic E-state index is 12.0. The average Bonchev–Trinajstić information content (AvgIpc) is 2.90. The molecule has 0 radical (unpaired) electrons. The Morgan fingerprint density at radius 3 is 2.58 bits per heavy atom. The van der Waals surface area contributed by atoms with Gasteiger partial charge < -0.3 is 11.1 Å². The topological polar surface area (TPSA) is 98.7 Å². The van der Waals surface area contributed by atoms with Gasteiger partial charge in [0.1, 0.15) is 6.33 Å². The fraction of sp³-hybridized carbons (Fsp3) is 0.333. The fourth-order valence-electron chi connectivity index (χ4n) is 2.02. The molecule has 0 spiro atoms. The first-order valence-corrected chi connectivity index (χ1v) is 6.11. The molecule has 1 aromatic heterocycles. The predicted molar refractivity (Wildman–Crippen MR) is 68.6 cm³/mol. The number of carbonyl (C=O) groups is 1. The van der Waals surface area contributed by atoms with Gasteiger partial charge in [-0.15, -0.1) is 5.10 Å². The van der Waals surface area contributed by atoms with E-state index in [-0.39, 0.29) is 5.91 Å². The van der Waals surface area contributed by atoms with Crippen molar-refractivity contribution in [3.05, 3.63) is 30.6 Å². The van der Waals surface area contributed by atoms with Crippen LogP contribution in [0, 0.1) is 0 Å². The number of carbonyl (C=O) groups excluding carboxylic acids is 1. The summed E-state index contributed by atoms with van der Waals surface area (Å²) in [7, 11) is 0. The van der Waals surface area contributed by atoms with Crippen molar-refractivity contribution in [1.29, 1.82) is 0 Å². The molecule has 2 aromatic rings. The molecule has 1 heterocycles. The van der Waals surface area contributed by atoms with Crippen molar-refractivity contribution in [3.8, 4) is 5.69 Å². The van der Waals surface area contributed by atoms with Crippen LogP contribution in [0.15, 0.2) is 30.6 Å². The number of hydrogen-bond donors (Lipinski definition) is 2. The van der Waals surface area contributed by atoms with Gasteiger partial charge in [-0.1, -0.05) is 0 Å². The first kappa shape index (κ1) is 11.8. The molecule has 3 N–H and O–H groups in total. The van der Waals surface area contributed by atoms with Gasteiger partial charge in [0.2, 0.25) is 5.91 Å². The number of nitrogens with zero attached hydrogens (tertiary/aromatic N) is 4. The maximum atomic E-state index is 12.0. The minimum Gasteiger partial charge on any atom is -0.324 e. The van der Waals surface area contributed by atoms with Gasteiger partial charge in [-0.25, -0.2) is 4.68 Å². The van der Waals surface area contributed by atoms with Crippen molar-refractivity contribution in [1.82, 2.24) is 20.2 Å². The molecule has 1 amide bonds. The molecular formula is C12H14N6O. The van der Waals surface area contributed by atoms with E-state index in [4.69, 9.17) is 5.73 Å². The Morgan fingerprint density at radius 2 is 2.05 bits per heavy atom. The Labute approximate surface area is 109 Å². The SMILES string of the molecule is NC1(C(=O)Nc2ccc(-n3cnnn3)cc2)CCC1. The molecular weight excluding hydrogens is 244 g/mol. The number of benzene rings is 1. The second-order valence-electron chi connectivity index (χ2n) is 4.77. The third-order valence-corrected chi connectivity index (χ3v) is 3.44. The highest BCUT2D eigenvalue weighted by Crippen LogP contribution is 2.30. The molecule has 7 nitrogen and oxygen atoms in total. The van der Waals surface area contributed by atoms with Crippen LogP contribution < -0.4 is 11.1 Å². The first-order chi connectivity index (χ1) is 9.17. The minimum absolute atomic E-state index is 0.117. The summed E-state index contributed by atoms with van der Waals surface area (Å²) in [6, 6.07) is 7.26. The van der Waals surface area contributed by atoms with Crippen LogP contribution in [0.4, 0.5) is 5.69 Å². The first-order valence-electron chi connectivity index (χ1n) is 6.11. The van der Waals surface area contributed by atoms with Crippen LogP contribution in [-0.4, -0.2) is 31.7 Å². The van der Waals surface area contributed by atoms with Crippen LogP contribution in [0.1, 0.15) is 19.3 Å². The van der Waals surface area contributed by atoms with E-state index in [0.29, 0.717) is 0 Å².